The number of nitrogens with zero attached hydrogens (tertiary/aromatic N) is 3. The number of aryl methyl sites for hydroxylation is 2. The van der Waals surface area contributed by atoms with Crippen molar-refractivity contribution >= 4 is 0 Å². The van der Waals surface area contributed by atoms with Crippen LogP contribution >= 0.6 is 0 Å². The number of hydrogen-bond acceptors (Lipinski definition) is 5. The predicted octanol–water partition coefficient (Wildman–Crippen LogP) is 1.75. The average Bonchev–Trinajstić information content (AvgIpc) is 2.83. The third-order valence-corrected chi connectivity index (χ3v) is 3.86. The molecule has 0 radical (unpaired) electrons. The molecule has 1 aliphatic heterocycles. The quantitative estimate of drug-likeness (QED) is 0.931. The fraction of sp³-hybridized carbons (Fsp3) is 0.533. The summed E-state index contributed by atoms with van der Waals surface area (Å²) in [6, 6.07) is 1.63. The summed E-state index contributed by atoms with van der Waals surface area (Å²) in [6.45, 7) is 6.41. The van der Waals surface area contributed by atoms with Crippen LogP contribution in [0, 0.1) is 13.8 Å². The molecule has 1 saturated heterocycles. The number of nitrogens with one attached hydrogen (secondary N) is 1. The molecule has 1 N–H and O–H groups in total. The van der Waals surface area contributed by atoms with Gasteiger partial charge in [-0.3, -0.25) is 9.69 Å². The van der Waals surface area contributed by atoms with Crippen LogP contribution in [0.4, 0.5) is 0 Å². The summed E-state index contributed by atoms with van der Waals surface area (Å²) >= 11 is 0. The van der Waals surface area contributed by atoms with Crippen LogP contribution in [0.3, 0.4) is 0 Å². The van der Waals surface area contributed by atoms with Gasteiger partial charge in [-0.05, 0) is 26.3 Å². The van der Waals surface area contributed by atoms with Crippen molar-refractivity contribution in [3.05, 3.63) is 45.8 Å². The topological polar surface area (TPSA) is 75.0 Å². The van der Waals surface area contributed by atoms with Gasteiger partial charge in [0.2, 0.25) is 0 Å². The van der Waals surface area contributed by atoms with Crippen LogP contribution in [-0.4, -0.2) is 32.9 Å². The molecular formula is C15H20N4O2. The van der Waals surface area contributed by atoms with Gasteiger partial charge < -0.3 is 9.40 Å². The number of rotatable bonds is 3. The van der Waals surface area contributed by atoms with Gasteiger partial charge in [0.05, 0.1) is 11.4 Å². The molecule has 0 aliphatic carbocycles. The molecule has 1 atom stereocenters. The molecule has 6 nitrogen and oxygen atoms in total. The lowest BCUT2D eigenvalue weighted by Gasteiger charge is -2.31. The summed E-state index contributed by atoms with van der Waals surface area (Å²) in [7, 11) is 0. The van der Waals surface area contributed by atoms with Crippen molar-refractivity contribution in [3.63, 3.8) is 0 Å². The van der Waals surface area contributed by atoms with Gasteiger partial charge in [-0.1, -0.05) is 0 Å². The van der Waals surface area contributed by atoms with Crippen molar-refractivity contribution < 1.29 is 4.42 Å². The van der Waals surface area contributed by atoms with Crippen LogP contribution in [0.2, 0.25) is 0 Å². The zero-order valence-corrected chi connectivity index (χ0v) is 12.4. The van der Waals surface area contributed by atoms with Crippen LogP contribution in [0.5, 0.6) is 0 Å². The van der Waals surface area contributed by atoms with Gasteiger partial charge in [-0.2, -0.15) is 0 Å². The number of aromatic nitrogens is 3. The van der Waals surface area contributed by atoms with Gasteiger partial charge in [0.1, 0.15) is 12.1 Å². The predicted molar refractivity (Wildman–Crippen MR) is 78.1 cm³/mol. The fourth-order valence-corrected chi connectivity index (χ4v) is 2.96. The zero-order chi connectivity index (χ0) is 14.8. The van der Waals surface area contributed by atoms with E-state index in [4.69, 9.17) is 4.42 Å². The molecule has 112 valence electrons. The van der Waals surface area contributed by atoms with Crippen LogP contribution in [0.25, 0.3) is 0 Å². The van der Waals surface area contributed by atoms with Crippen LogP contribution in [-0.2, 0) is 6.54 Å². The largest absolute Gasteiger partial charge is 0.449 e. The van der Waals surface area contributed by atoms with Crippen molar-refractivity contribution in [3.8, 4) is 0 Å². The van der Waals surface area contributed by atoms with Crippen molar-refractivity contribution in [1.29, 1.82) is 0 Å². The minimum Gasteiger partial charge on any atom is -0.449 e. The summed E-state index contributed by atoms with van der Waals surface area (Å²) in [4.78, 5) is 25.5. The third kappa shape index (κ3) is 3.39. The third-order valence-electron chi connectivity index (χ3n) is 3.86. The summed E-state index contributed by atoms with van der Waals surface area (Å²) in [5.74, 6) is 1.69. The number of hydrogen-bond donors (Lipinski definition) is 1. The van der Waals surface area contributed by atoms with Crippen LogP contribution in [0.15, 0.2) is 21.5 Å². The molecule has 1 aliphatic rings. The molecule has 3 heterocycles. The standard InChI is InChI=1S/C15H20N4O2/c1-10-16-14(6-15(20)17-10)12-4-3-5-19(7-12)8-13-9-21-11(2)18-13/h6,9,12H,3-5,7-8H2,1-2H3,(H,16,17,20)/t12-/m1/s1. The molecule has 0 spiro atoms. The van der Waals surface area contributed by atoms with Crippen molar-refractivity contribution in [2.24, 2.45) is 0 Å². The van der Waals surface area contributed by atoms with Crippen molar-refractivity contribution in [1.82, 2.24) is 19.9 Å². The van der Waals surface area contributed by atoms with Gasteiger partial charge >= 0.3 is 0 Å². The summed E-state index contributed by atoms with van der Waals surface area (Å²) in [5, 5.41) is 0. The fourth-order valence-electron chi connectivity index (χ4n) is 2.96. The normalized spacial score (nSPS) is 19.8. The highest BCUT2D eigenvalue weighted by Crippen LogP contribution is 2.25. The Morgan fingerprint density at radius 3 is 3.00 bits per heavy atom. The SMILES string of the molecule is Cc1nc([C@@H]2CCCN(Cc3coc(C)n3)C2)cc(=O)[nH]1. The summed E-state index contributed by atoms with van der Waals surface area (Å²) in [5.41, 5.74) is 1.79. The highest BCUT2D eigenvalue weighted by Gasteiger charge is 2.23. The molecule has 0 aromatic carbocycles. The first-order valence-electron chi connectivity index (χ1n) is 7.31. The van der Waals surface area contributed by atoms with Gasteiger partial charge in [0.25, 0.3) is 5.56 Å². The molecular weight excluding hydrogens is 268 g/mol. The maximum atomic E-state index is 11.6. The van der Waals surface area contributed by atoms with E-state index in [1.165, 1.54) is 0 Å². The summed E-state index contributed by atoms with van der Waals surface area (Å²) < 4.78 is 5.25. The highest BCUT2D eigenvalue weighted by atomic mass is 16.3. The number of likely N-dealkylation sites (tertiary alicyclic amines) is 1. The first-order chi connectivity index (χ1) is 10.1. The lowest BCUT2D eigenvalue weighted by Crippen LogP contribution is -2.34. The Morgan fingerprint density at radius 2 is 2.29 bits per heavy atom. The smallest absolute Gasteiger partial charge is 0.251 e. The van der Waals surface area contributed by atoms with E-state index in [0.717, 1.165) is 43.9 Å². The molecule has 0 amide bonds. The van der Waals surface area contributed by atoms with Crippen LogP contribution in [0.1, 0.15) is 41.9 Å². The van der Waals surface area contributed by atoms with E-state index in [9.17, 15) is 4.79 Å². The zero-order valence-electron chi connectivity index (χ0n) is 12.4. The Labute approximate surface area is 123 Å². The maximum Gasteiger partial charge on any atom is 0.251 e. The molecule has 2 aromatic heterocycles. The maximum absolute atomic E-state index is 11.6. The molecule has 0 saturated carbocycles. The van der Waals surface area contributed by atoms with E-state index in [2.05, 4.69) is 19.9 Å². The van der Waals surface area contributed by atoms with E-state index < -0.39 is 0 Å². The molecule has 1 fully saturated rings. The Kier molecular flexibility index (Phi) is 3.88. The van der Waals surface area contributed by atoms with Crippen LogP contribution < -0.4 is 5.56 Å². The molecule has 6 heteroatoms. The van der Waals surface area contributed by atoms with E-state index in [1.54, 1.807) is 12.3 Å². The second kappa shape index (κ2) is 5.81. The van der Waals surface area contributed by atoms with Gasteiger partial charge in [-0.15, -0.1) is 0 Å². The first-order valence-corrected chi connectivity index (χ1v) is 7.31. The lowest BCUT2D eigenvalue weighted by atomic mass is 9.94. The minimum atomic E-state index is -0.0678. The Hall–Kier alpha value is -1.95. The molecule has 3 rings (SSSR count). The lowest BCUT2D eigenvalue weighted by molar-refractivity contribution is 0.196. The van der Waals surface area contributed by atoms with Gasteiger partial charge in [0, 0.05) is 32.0 Å². The van der Waals surface area contributed by atoms with Gasteiger partial charge in [-0.25, -0.2) is 9.97 Å². The Bertz CT molecular complexity index is 676. The van der Waals surface area contributed by atoms with Crippen molar-refractivity contribution in [2.75, 3.05) is 13.1 Å². The van der Waals surface area contributed by atoms with E-state index in [1.807, 2.05) is 13.8 Å². The second-order valence-corrected chi connectivity index (χ2v) is 5.69. The summed E-state index contributed by atoms with van der Waals surface area (Å²) in [6.07, 6.45) is 3.90. The van der Waals surface area contributed by atoms with Gasteiger partial charge in [0.15, 0.2) is 5.89 Å². The van der Waals surface area contributed by atoms with Crippen molar-refractivity contribution in [2.45, 2.75) is 39.2 Å². The minimum absolute atomic E-state index is 0.0678. The average molecular weight is 288 g/mol. The van der Waals surface area contributed by atoms with E-state index in [0.29, 0.717) is 17.6 Å². The second-order valence-electron chi connectivity index (χ2n) is 5.69. The Morgan fingerprint density at radius 1 is 1.43 bits per heavy atom. The molecule has 2 aromatic rings. The molecule has 0 bridgehead atoms. The number of H-pyrrole nitrogens is 1. The van der Waals surface area contributed by atoms with E-state index >= 15 is 0 Å². The number of piperidine rings is 1. The highest BCUT2D eigenvalue weighted by molar-refractivity contribution is 5.10. The molecule has 0 unspecified atom stereocenters. The number of oxazole rings is 1. The number of aromatic amines is 1. The Balaban J connectivity index is 1.71. The van der Waals surface area contributed by atoms with E-state index in [-0.39, 0.29) is 5.56 Å². The molecule has 21 heavy (non-hydrogen) atoms. The monoisotopic (exact) mass is 288 g/mol. The first kappa shape index (κ1) is 14.0.